The van der Waals surface area contributed by atoms with Crippen LogP contribution in [0.2, 0.25) is 0 Å². The molecule has 6 heteroatoms. The summed E-state index contributed by atoms with van der Waals surface area (Å²) >= 11 is 0. The van der Waals surface area contributed by atoms with Crippen LogP contribution in [0.25, 0.3) is 33.6 Å². The maximum Gasteiger partial charge on any atom is 0.177 e. The number of ether oxygens (including phenoxy) is 1. The lowest BCUT2D eigenvalue weighted by Crippen LogP contribution is -2.44. The highest BCUT2D eigenvalue weighted by atomic mass is 16.5. The monoisotopic (exact) mass is 418 g/mol. The van der Waals surface area contributed by atoms with Crippen LogP contribution in [0.4, 0.5) is 0 Å². The molecule has 0 spiro atoms. The number of hydrogen-bond acceptors (Lipinski definition) is 5. The Labute approximate surface area is 182 Å². The molecule has 1 aliphatic rings. The molecule has 2 aromatic heterocycles. The van der Waals surface area contributed by atoms with Gasteiger partial charge in [0.2, 0.25) is 0 Å². The molecule has 31 heavy (non-hydrogen) atoms. The molecule has 1 N–H and O–H groups in total. The summed E-state index contributed by atoms with van der Waals surface area (Å²) < 4.78 is 14.5. The Morgan fingerprint density at radius 2 is 1.94 bits per heavy atom. The van der Waals surface area contributed by atoms with Crippen molar-refractivity contribution in [3.05, 3.63) is 48.5 Å². The molecule has 162 valence electrons. The lowest BCUT2D eigenvalue weighted by Gasteiger charge is -2.26. The number of unbranched alkanes of at least 4 members (excludes halogenated alkanes) is 1. The average Bonchev–Trinajstić information content (AvgIpc) is 3.39. The number of nitrogens with one attached hydrogen (secondary N) is 1. The Balaban J connectivity index is 1.42. The fourth-order valence-electron chi connectivity index (χ4n) is 4.24. The van der Waals surface area contributed by atoms with Crippen LogP contribution in [0.3, 0.4) is 0 Å². The molecule has 1 aliphatic heterocycles. The van der Waals surface area contributed by atoms with E-state index in [0.29, 0.717) is 6.61 Å². The fraction of sp³-hybridized carbons (Fsp3) is 0.400. The molecule has 1 fully saturated rings. The van der Waals surface area contributed by atoms with Crippen molar-refractivity contribution in [2.24, 2.45) is 0 Å². The third-order valence-corrected chi connectivity index (χ3v) is 5.99. The lowest BCUT2D eigenvalue weighted by molar-refractivity contribution is 0.191. The maximum absolute atomic E-state index is 6.14. The number of hydrogen-bond donors (Lipinski definition) is 1. The molecule has 0 saturated carbocycles. The number of aromatic nitrogens is 2. The number of aryl methyl sites for hydroxylation is 1. The first kappa shape index (κ1) is 20.1. The number of nitrogens with zero attached hydrogens (tertiary/aromatic N) is 3. The van der Waals surface area contributed by atoms with Gasteiger partial charge in [-0.1, -0.05) is 31.5 Å². The van der Waals surface area contributed by atoms with Gasteiger partial charge < -0.3 is 19.0 Å². The van der Waals surface area contributed by atoms with Gasteiger partial charge in [0.25, 0.3) is 0 Å². The van der Waals surface area contributed by atoms with Crippen molar-refractivity contribution in [2.45, 2.75) is 26.3 Å². The standard InChI is InChI=1S/C25H30N4O2/c1-2-3-12-29-22-18-20(30-16-15-28-13-10-26-11-14-28)8-9-21(22)27-25(29)24-17-19-6-4-5-7-23(19)31-24/h4-9,17-18,26H,2-3,10-16H2,1H3. The van der Waals surface area contributed by atoms with Crippen LogP contribution >= 0.6 is 0 Å². The number of piperazine rings is 1. The van der Waals surface area contributed by atoms with Gasteiger partial charge in [0.15, 0.2) is 11.6 Å². The smallest absolute Gasteiger partial charge is 0.177 e. The zero-order valence-electron chi connectivity index (χ0n) is 18.1. The zero-order valence-corrected chi connectivity index (χ0v) is 18.1. The van der Waals surface area contributed by atoms with Crippen molar-refractivity contribution in [3.63, 3.8) is 0 Å². The predicted octanol–water partition coefficient (Wildman–Crippen LogP) is 4.53. The minimum atomic E-state index is 0.699. The number of rotatable bonds is 8. The second kappa shape index (κ2) is 9.12. The van der Waals surface area contributed by atoms with Crippen LogP contribution in [-0.2, 0) is 6.54 Å². The van der Waals surface area contributed by atoms with Gasteiger partial charge in [0.05, 0.1) is 11.0 Å². The molecular formula is C25H30N4O2. The van der Waals surface area contributed by atoms with Crippen LogP contribution in [0.1, 0.15) is 19.8 Å². The van der Waals surface area contributed by atoms with E-state index in [9.17, 15) is 0 Å². The van der Waals surface area contributed by atoms with Gasteiger partial charge >= 0.3 is 0 Å². The molecule has 1 saturated heterocycles. The Morgan fingerprint density at radius 3 is 2.77 bits per heavy atom. The molecule has 6 nitrogen and oxygen atoms in total. The highest BCUT2D eigenvalue weighted by Gasteiger charge is 2.17. The van der Waals surface area contributed by atoms with E-state index >= 15 is 0 Å². The Morgan fingerprint density at radius 1 is 1.06 bits per heavy atom. The van der Waals surface area contributed by atoms with Gasteiger partial charge in [-0.3, -0.25) is 4.90 Å². The minimum Gasteiger partial charge on any atom is -0.492 e. The summed E-state index contributed by atoms with van der Waals surface area (Å²) in [5.41, 5.74) is 2.97. The summed E-state index contributed by atoms with van der Waals surface area (Å²) in [5.74, 6) is 2.60. The van der Waals surface area contributed by atoms with Crippen molar-refractivity contribution in [2.75, 3.05) is 39.3 Å². The summed E-state index contributed by atoms with van der Waals surface area (Å²) in [4.78, 5) is 7.37. The topological polar surface area (TPSA) is 55.5 Å². The summed E-state index contributed by atoms with van der Waals surface area (Å²) in [6, 6.07) is 16.4. The molecular weight excluding hydrogens is 388 g/mol. The lowest BCUT2D eigenvalue weighted by atomic mass is 10.2. The van der Waals surface area contributed by atoms with Gasteiger partial charge in [-0.2, -0.15) is 0 Å². The van der Waals surface area contributed by atoms with Gasteiger partial charge in [-0.15, -0.1) is 0 Å². The van der Waals surface area contributed by atoms with Crippen molar-refractivity contribution in [1.82, 2.24) is 19.8 Å². The third-order valence-electron chi connectivity index (χ3n) is 5.99. The second-order valence-electron chi connectivity index (χ2n) is 8.18. The summed E-state index contributed by atoms with van der Waals surface area (Å²) in [6.07, 6.45) is 2.22. The van der Waals surface area contributed by atoms with Gasteiger partial charge in [-0.25, -0.2) is 4.98 Å². The van der Waals surface area contributed by atoms with Crippen molar-refractivity contribution in [1.29, 1.82) is 0 Å². The van der Waals surface area contributed by atoms with E-state index in [0.717, 1.165) is 91.4 Å². The molecule has 0 amide bonds. The summed E-state index contributed by atoms with van der Waals surface area (Å²) in [7, 11) is 0. The van der Waals surface area contributed by atoms with Crippen LogP contribution in [0.5, 0.6) is 5.75 Å². The molecule has 3 heterocycles. The van der Waals surface area contributed by atoms with E-state index in [1.54, 1.807) is 0 Å². The van der Waals surface area contributed by atoms with Crippen molar-refractivity contribution >= 4 is 22.0 Å². The second-order valence-corrected chi connectivity index (χ2v) is 8.18. The molecule has 2 aromatic carbocycles. The van der Waals surface area contributed by atoms with Crippen LogP contribution < -0.4 is 10.1 Å². The largest absolute Gasteiger partial charge is 0.492 e. The number of furan rings is 1. The van der Waals surface area contributed by atoms with Crippen molar-refractivity contribution in [3.8, 4) is 17.3 Å². The van der Waals surface area contributed by atoms with Crippen molar-refractivity contribution < 1.29 is 9.15 Å². The highest BCUT2D eigenvalue weighted by molar-refractivity contribution is 5.85. The highest BCUT2D eigenvalue weighted by Crippen LogP contribution is 2.31. The maximum atomic E-state index is 6.14. The first-order chi connectivity index (χ1) is 15.3. The number of para-hydroxylation sites is 1. The summed E-state index contributed by atoms with van der Waals surface area (Å²) in [6.45, 7) is 9.08. The fourth-order valence-corrected chi connectivity index (χ4v) is 4.24. The van der Waals surface area contributed by atoms with Crippen LogP contribution in [0.15, 0.2) is 52.9 Å². The van der Waals surface area contributed by atoms with E-state index < -0.39 is 0 Å². The Hall–Kier alpha value is -2.83. The third kappa shape index (κ3) is 4.31. The molecule has 0 unspecified atom stereocenters. The van der Waals surface area contributed by atoms with Gasteiger partial charge in [0.1, 0.15) is 17.9 Å². The Bertz CT molecular complexity index is 1120. The van der Waals surface area contributed by atoms with Gasteiger partial charge in [-0.05, 0) is 30.7 Å². The van der Waals surface area contributed by atoms with E-state index in [-0.39, 0.29) is 0 Å². The molecule has 0 atom stereocenters. The molecule has 4 aromatic rings. The molecule has 0 radical (unpaired) electrons. The van der Waals surface area contributed by atoms with E-state index in [4.69, 9.17) is 14.1 Å². The van der Waals surface area contributed by atoms with Crippen LogP contribution in [-0.4, -0.2) is 53.8 Å². The van der Waals surface area contributed by atoms with E-state index in [1.165, 1.54) is 0 Å². The Kier molecular flexibility index (Phi) is 5.91. The SMILES string of the molecule is CCCCn1c(-c2cc3ccccc3o2)nc2ccc(OCCN3CCNCC3)cc21. The van der Waals surface area contributed by atoms with Gasteiger partial charge in [0, 0.05) is 50.7 Å². The molecule has 0 bridgehead atoms. The average molecular weight is 419 g/mol. The normalized spacial score (nSPS) is 15.1. The molecule has 0 aliphatic carbocycles. The number of fused-ring (bicyclic) bond motifs is 2. The summed E-state index contributed by atoms with van der Waals surface area (Å²) in [5, 5.41) is 4.49. The number of imidazole rings is 1. The van der Waals surface area contributed by atoms with Crippen LogP contribution in [0, 0.1) is 0 Å². The predicted molar refractivity (Wildman–Crippen MR) is 125 cm³/mol. The first-order valence-electron chi connectivity index (χ1n) is 11.4. The van der Waals surface area contributed by atoms with E-state index in [1.807, 2.05) is 24.3 Å². The molecule has 5 rings (SSSR count). The first-order valence-corrected chi connectivity index (χ1v) is 11.4. The zero-order chi connectivity index (χ0) is 21.0. The number of benzene rings is 2. The minimum absolute atomic E-state index is 0.699. The van der Waals surface area contributed by atoms with E-state index in [2.05, 4.69) is 46.0 Å². The quantitative estimate of drug-likeness (QED) is 0.455.